The van der Waals surface area contributed by atoms with E-state index in [4.69, 9.17) is 22.3 Å². The van der Waals surface area contributed by atoms with Gasteiger partial charge in [-0.1, -0.05) is 0 Å². The van der Waals surface area contributed by atoms with E-state index in [1.165, 1.54) is 12.1 Å². The first kappa shape index (κ1) is 11.2. The lowest BCUT2D eigenvalue weighted by Gasteiger charge is -1.97. The van der Waals surface area contributed by atoms with Crippen molar-refractivity contribution in [3.63, 3.8) is 0 Å². The van der Waals surface area contributed by atoms with Gasteiger partial charge in [-0.15, -0.1) is 0 Å². The molecular formula is C7H3BrCl2N2O2S. The van der Waals surface area contributed by atoms with Crippen LogP contribution in [0.25, 0.3) is 11.0 Å². The van der Waals surface area contributed by atoms with Gasteiger partial charge < -0.3 is 4.98 Å². The molecule has 0 bridgehead atoms. The minimum Gasteiger partial charge on any atom is -0.329 e. The molecule has 1 heterocycles. The molecule has 0 amide bonds. The maximum Gasteiger partial charge on any atom is 0.261 e. The van der Waals surface area contributed by atoms with Crippen LogP contribution in [-0.4, -0.2) is 18.4 Å². The molecule has 80 valence electrons. The topological polar surface area (TPSA) is 62.8 Å². The molecular weight excluding hydrogens is 327 g/mol. The highest BCUT2D eigenvalue weighted by Crippen LogP contribution is 2.28. The molecule has 0 unspecified atom stereocenters. The van der Waals surface area contributed by atoms with Crippen LogP contribution in [0.15, 0.2) is 21.5 Å². The van der Waals surface area contributed by atoms with Gasteiger partial charge in [0.1, 0.15) is 5.52 Å². The number of rotatable bonds is 1. The smallest absolute Gasteiger partial charge is 0.261 e. The van der Waals surface area contributed by atoms with Gasteiger partial charge in [0.05, 0.1) is 10.4 Å². The molecule has 0 spiro atoms. The summed E-state index contributed by atoms with van der Waals surface area (Å²) in [4.78, 5) is 6.66. The Morgan fingerprint density at radius 1 is 1.40 bits per heavy atom. The SMILES string of the molecule is O=S(=O)(Cl)c1cc(Br)c2nc(Cl)[nH]c2c1. The van der Waals surface area contributed by atoms with Crippen LogP contribution in [0.3, 0.4) is 0 Å². The summed E-state index contributed by atoms with van der Waals surface area (Å²) in [5, 5.41) is 0.190. The molecule has 0 radical (unpaired) electrons. The molecule has 2 aromatic rings. The second-order valence-corrected chi connectivity index (χ2v) is 6.55. The van der Waals surface area contributed by atoms with E-state index in [0.717, 1.165) is 0 Å². The molecule has 0 aliphatic heterocycles. The second kappa shape index (κ2) is 3.62. The zero-order valence-electron chi connectivity index (χ0n) is 6.96. The molecule has 1 N–H and O–H groups in total. The Morgan fingerprint density at radius 2 is 2.07 bits per heavy atom. The summed E-state index contributed by atoms with van der Waals surface area (Å²) >= 11 is 8.84. The molecule has 8 heteroatoms. The zero-order valence-corrected chi connectivity index (χ0v) is 10.9. The Bertz CT molecular complexity index is 638. The van der Waals surface area contributed by atoms with Crippen LogP contribution in [0.4, 0.5) is 0 Å². The van der Waals surface area contributed by atoms with Gasteiger partial charge in [0, 0.05) is 15.2 Å². The quantitative estimate of drug-likeness (QED) is 0.818. The summed E-state index contributed by atoms with van der Waals surface area (Å²) in [6, 6.07) is 2.75. The maximum atomic E-state index is 11.1. The maximum absolute atomic E-state index is 11.1. The van der Waals surface area contributed by atoms with Crippen LogP contribution in [-0.2, 0) is 9.05 Å². The lowest BCUT2D eigenvalue weighted by atomic mass is 10.3. The van der Waals surface area contributed by atoms with E-state index < -0.39 is 9.05 Å². The Labute approximate surface area is 103 Å². The van der Waals surface area contributed by atoms with Gasteiger partial charge in [0.15, 0.2) is 0 Å². The number of fused-ring (bicyclic) bond motifs is 1. The summed E-state index contributed by atoms with van der Waals surface area (Å²) in [7, 11) is 1.47. The number of nitrogens with one attached hydrogen (secondary N) is 1. The molecule has 0 fully saturated rings. The standard InChI is InChI=1S/C7H3BrCl2N2O2S/c8-4-1-3(15(10,13)14)2-5-6(4)12-7(9)11-5/h1-2H,(H,11,12). The van der Waals surface area contributed by atoms with E-state index in [2.05, 4.69) is 25.9 Å². The Morgan fingerprint density at radius 3 is 2.67 bits per heavy atom. The molecule has 4 nitrogen and oxygen atoms in total. The van der Waals surface area contributed by atoms with Gasteiger partial charge in [-0.25, -0.2) is 13.4 Å². The van der Waals surface area contributed by atoms with Crippen molar-refractivity contribution in [3.05, 3.63) is 21.9 Å². The number of hydrogen-bond acceptors (Lipinski definition) is 3. The summed E-state index contributed by atoms with van der Waals surface area (Å²) < 4.78 is 22.7. The number of imidazole rings is 1. The van der Waals surface area contributed by atoms with Gasteiger partial charge in [-0.2, -0.15) is 0 Å². The minimum atomic E-state index is -3.76. The third kappa shape index (κ3) is 2.13. The normalized spacial score (nSPS) is 12.2. The Kier molecular flexibility index (Phi) is 2.70. The van der Waals surface area contributed by atoms with Crippen LogP contribution in [0.5, 0.6) is 0 Å². The third-order valence-corrected chi connectivity index (χ3v) is 3.88. The molecule has 0 saturated heterocycles. The molecule has 1 aromatic carbocycles. The average molecular weight is 330 g/mol. The molecule has 2 rings (SSSR count). The largest absolute Gasteiger partial charge is 0.329 e. The van der Waals surface area contributed by atoms with Gasteiger partial charge in [-0.3, -0.25) is 0 Å². The first-order valence-electron chi connectivity index (χ1n) is 3.67. The number of aromatic nitrogens is 2. The zero-order chi connectivity index (χ0) is 11.2. The van der Waals surface area contributed by atoms with Crippen LogP contribution >= 0.6 is 38.2 Å². The van der Waals surface area contributed by atoms with Crippen molar-refractivity contribution in [2.45, 2.75) is 4.90 Å². The van der Waals surface area contributed by atoms with Gasteiger partial charge >= 0.3 is 0 Å². The summed E-state index contributed by atoms with van der Waals surface area (Å²) in [5.41, 5.74) is 1.07. The van der Waals surface area contributed by atoms with E-state index in [0.29, 0.717) is 15.5 Å². The summed E-state index contributed by atoms with van der Waals surface area (Å²) in [5.74, 6) is 0. The van der Waals surface area contributed by atoms with E-state index in [1.54, 1.807) is 0 Å². The van der Waals surface area contributed by atoms with E-state index >= 15 is 0 Å². The fraction of sp³-hybridized carbons (Fsp3) is 0. The van der Waals surface area contributed by atoms with Crippen molar-refractivity contribution in [3.8, 4) is 0 Å². The highest BCUT2D eigenvalue weighted by molar-refractivity contribution is 9.10. The summed E-state index contributed by atoms with van der Waals surface area (Å²) in [6.45, 7) is 0. The van der Waals surface area contributed by atoms with Crippen molar-refractivity contribution >= 4 is 58.3 Å². The second-order valence-electron chi connectivity index (χ2n) is 2.77. The number of benzene rings is 1. The fourth-order valence-electron chi connectivity index (χ4n) is 1.16. The highest BCUT2D eigenvalue weighted by atomic mass is 79.9. The van der Waals surface area contributed by atoms with E-state index in [9.17, 15) is 8.42 Å². The van der Waals surface area contributed by atoms with E-state index in [1.807, 2.05) is 0 Å². The Balaban J connectivity index is 2.84. The lowest BCUT2D eigenvalue weighted by molar-refractivity contribution is 0.609. The first-order valence-corrected chi connectivity index (χ1v) is 7.15. The van der Waals surface area contributed by atoms with Crippen molar-refractivity contribution in [2.75, 3.05) is 0 Å². The van der Waals surface area contributed by atoms with Gasteiger partial charge in [0.2, 0.25) is 5.28 Å². The molecule has 15 heavy (non-hydrogen) atoms. The summed E-state index contributed by atoms with van der Waals surface area (Å²) in [6.07, 6.45) is 0. The predicted molar refractivity (Wildman–Crippen MR) is 61.8 cm³/mol. The predicted octanol–water partition coefficient (Wildman–Crippen LogP) is 2.91. The number of aromatic amines is 1. The molecule has 0 atom stereocenters. The number of halogens is 3. The van der Waals surface area contributed by atoms with Crippen molar-refractivity contribution in [1.82, 2.24) is 9.97 Å². The van der Waals surface area contributed by atoms with Gasteiger partial charge in [-0.05, 0) is 39.7 Å². The Hall–Kier alpha value is -0.300. The van der Waals surface area contributed by atoms with Crippen LogP contribution < -0.4 is 0 Å². The van der Waals surface area contributed by atoms with Crippen LogP contribution in [0.2, 0.25) is 5.28 Å². The third-order valence-electron chi connectivity index (χ3n) is 1.77. The molecule has 1 aromatic heterocycles. The van der Waals surface area contributed by atoms with Crippen LogP contribution in [0.1, 0.15) is 0 Å². The van der Waals surface area contributed by atoms with E-state index in [-0.39, 0.29) is 10.2 Å². The first-order chi connectivity index (χ1) is 6.88. The highest BCUT2D eigenvalue weighted by Gasteiger charge is 2.14. The van der Waals surface area contributed by atoms with Crippen molar-refractivity contribution < 1.29 is 8.42 Å². The number of hydrogen-bond donors (Lipinski definition) is 1. The lowest BCUT2D eigenvalue weighted by Crippen LogP contribution is -1.90. The van der Waals surface area contributed by atoms with Gasteiger partial charge in [0.25, 0.3) is 9.05 Å². The molecule has 0 saturated carbocycles. The molecule has 0 aliphatic rings. The minimum absolute atomic E-state index is 0.0103. The molecule has 0 aliphatic carbocycles. The average Bonchev–Trinajstić information content (AvgIpc) is 2.44. The monoisotopic (exact) mass is 328 g/mol. The fourth-order valence-corrected chi connectivity index (χ4v) is 2.83. The van der Waals surface area contributed by atoms with Crippen molar-refractivity contribution in [2.24, 2.45) is 0 Å². The van der Waals surface area contributed by atoms with Crippen LogP contribution in [0, 0.1) is 0 Å². The van der Waals surface area contributed by atoms with Crippen molar-refractivity contribution in [1.29, 1.82) is 0 Å². The number of H-pyrrole nitrogens is 1. The number of nitrogens with zero attached hydrogens (tertiary/aromatic N) is 1.